The molecule has 0 atom stereocenters. The summed E-state index contributed by atoms with van der Waals surface area (Å²) in [4.78, 5) is 3.80. The fourth-order valence-electron chi connectivity index (χ4n) is 0.519. The van der Waals surface area contributed by atoms with Crippen molar-refractivity contribution >= 4 is 6.21 Å². The summed E-state index contributed by atoms with van der Waals surface area (Å²) in [5.74, 6) is 0. The zero-order valence-corrected chi connectivity index (χ0v) is 6.73. The highest BCUT2D eigenvalue weighted by Crippen LogP contribution is 1.88. The molecule has 0 bridgehead atoms. The molecule has 0 aliphatic heterocycles. The van der Waals surface area contributed by atoms with Gasteiger partial charge in [-0.15, -0.1) is 0 Å². The lowest BCUT2D eigenvalue weighted by Gasteiger charge is -1.84. The van der Waals surface area contributed by atoms with Crippen LogP contribution in [-0.2, 0) is 0 Å². The molecule has 1 aromatic rings. The van der Waals surface area contributed by atoms with Gasteiger partial charge in [0.25, 0.3) is 0 Å². The van der Waals surface area contributed by atoms with E-state index < -0.39 is 0 Å². The Hall–Kier alpha value is -1.38. The summed E-state index contributed by atoms with van der Waals surface area (Å²) in [5, 5.41) is 10.9. The van der Waals surface area contributed by atoms with Gasteiger partial charge < -0.3 is 5.21 Å². The number of pyridine rings is 1. The van der Waals surface area contributed by atoms with Crippen molar-refractivity contribution in [3.05, 3.63) is 30.1 Å². The number of rotatable bonds is 1. The Morgan fingerprint density at radius 1 is 1.55 bits per heavy atom. The van der Waals surface area contributed by atoms with Gasteiger partial charge in [0.05, 0.1) is 6.21 Å². The van der Waals surface area contributed by atoms with Crippen LogP contribution in [-0.4, -0.2) is 16.4 Å². The van der Waals surface area contributed by atoms with Crippen molar-refractivity contribution in [3.63, 3.8) is 0 Å². The van der Waals surface area contributed by atoms with Crippen molar-refractivity contribution in [2.45, 2.75) is 13.8 Å². The first-order valence-corrected chi connectivity index (χ1v) is 3.51. The molecule has 0 aliphatic rings. The maximum atomic E-state index is 8.06. The monoisotopic (exact) mass is 152 g/mol. The molecule has 1 heterocycles. The van der Waals surface area contributed by atoms with E-state index in [9.17, 15) is 0 Å². The minimum absolute atomic E-state index is 0.792. The Labute approximate surface area is 66.4 Å². The molecule has 3 nitrogen and oxygen atoms in total. The summed E-state index contributed by atoms with van der Waals surface area (Å²) >= 11 is 0. The SMILES string of the molecule is CC.O/N=C\c1cccnc1. The highest BCUT2D eigenvalue weighted by molar-refractivity contribution is 5.78. The standard InChI is InChI=1S/C6H6N2O.C2H6/c9-8-5-6-2-1-3-7-4-6;1-2/h1-5,9H;1-2H3/b8-5-;. The van der Waals surface area contributed by atoms with Gasteiger partial charge in [-0.25, -0.2) is 0 Å². The quantitative estimate of drug-likeness (QED) is 0.379. The van der Waals surface area contributed by atoms with Crippen molar-refractivity contribution < 1.29 is 5.21 Å². The molecule has 3 heteroatoms. The van der Waals surface area contributed by atoms with Crippen LogP contribution in [0.2, 0.25) is 0 Å². The molecule has 0 amide bonds. The second-order valence-corrected chi connectivity index (χ2v) is 1.53. The largest absolute Gasteiger partial charge is 0.411 e. The molecule has 1 aromatic heterocycles. The Kier molecular flexibility index (Phi) is 5.89. The zero-order chi connectivity index (χ0) is 8.53. The topological polar surface area (TPSA) is 45.5 Å². The van der Waals surface area contributed by atoms with Gasteiger partial charge >= 0.3 is 0 Å². The summed E-state index contributed by atoms with van der Waals surface area (Å²) in [7, 11) is 0. The number of oxime groups is 1. The van der Waals surface area contributed by atoms with Crippen molar-refractivity contribution in [1.82, 2.24) is 4.98 Å². The summed E-state index contributed by atoms with van der Waals surface area (Å²) in [6.45, 7) is 4.00. The van der Waals surface area contributed by atoms with Crippen LogP contribution >= 0.6 is 0 Å². The fraction of sp³-hybridized carbons (Fsp3) is 0.250. The second kappa shape index (κ2) is 6.74. The molecule has 0 unspecified atom stereocenters. The highest BCUT2D eigenvalue weighted by Gasteiger charge is 1.81. The van der Waals surface area contributed by atoms with Gasteiger partial charge in [-0.3, -0.25) is 4.98 Å². The van der Waals surface area contributed by atoms with E-state index in [2.05, 4.69) is 10.1 Å². The molecule has 11 heavy (non-hydrogen) atoms. The molecule has 0 saturated heterocycles. The third-order valence-corrected chi connectivity index (χ3v) is 0.891. The molecule has 0 fully saturated rings. The third-order valence-electron chi connectivity index (χ3n) is 0.891. The predicted octanol–water partition coefficient (Wildman–Crippen LogP) is 1.92. The number of hydrogen-bond acceptors (Lipinski definition) is 3. The van der Waals surface area contributed by atoms with Crippen molar-refractivity contribution in [1.29, 1.82) is 0 Å². The predicted molar refractivity (Wildman–Crippen MR) is 45.0 cm³/mol. The molecule has 0 saturated carbocycles. The van der Waals surface area contributed by atoms with Gasteiger partial charge in [0, 0.05) is 18.0 Å². The van der Waals surface area contributed by atoms with Crippen LogP contribution in [0.5, 0.6) is 0 Å². The van der Waals surface area contributed by atoms with Gasteiger partial charge in [0.2, 0.25) is 0 Å². The number of hydrogen-bond donors (Lipinski definition) is 1. The Bertz CT molecular complexity index is 197. The smallest absolute Gasteiger partial charge is 0.0749 e. The van der Waals surface area contributed by atoms with E-state index in [-0.39, 0.29) is 0 Å². The van der Waals surface area contributed by atoms with Gasteiger partial charge in [-0.05, 0) is 6.07 Å². The molecule has 60 valence electrons. The van der Waals surface area contributed by atoms with Crippen LogP contribution in [0.1, 0.15) is 19.4 Å². The van der Waals surface area contributed by atoms with Crippen molar-refractivity contribution in [2.75, 3.05) is 0 Å². The first-order chi connectivity index (χ1) is 5.43. The lowest BCUT2D eigenvalue weighted by atomic mass is 10.3. The molecule has 0 spiro atoms. The van der Waals surface area contributed by atoms with Crippen LogP contribution in [0.4, 0.5) is 0 Å². The van der Waals surface area contributed by atoms with Gasteiger partial charge in [-0.2, -0.15) is 0 Å². The molecular formula is C8H12N2O. The van der Waals surface area contributed by atoms with Crippen LogP contribution in [0.25, 0.3) is 0 Å². The molecule has 0 aliphatic carbocycles. The van der Waals surface area contributed by atoms with E-state index in [1.807, 2.05) is 13.8 Å². The van der Waals surface area contributed by atoms with E-state index >= 15 is 0 Å². The summed E-state index contributed by atoms with van der Waals surface area (Å²) in [6.07, 6.45) is 4.60. The van der Waals surface area contributed by atoms with E-state index in [0.717, 1.165) is 5.56 Å². The van der Waals surface area contributed by atoms with E-state index in [0.29, 0.717) is 0 Å². The second-order valence-electron chi connectivity index (χ2n) is 1.53. The Balaban J connectivity index is 0.000000461. The van der Waals surface area contributed by atoms with E-state index in [1.165, 1.54) is 6.21 Å². The third kappa shape index (κ3) is 4.08. The minimum Gasteiger partial charge on any atom is -0.411 e. The fourth-order valence-corrected chi connectivity index (χ4v) is 0.519. The summed E-state index contributed by atoms with van der Waals surface area (Å²) < 4.78 is 0. The van der Waals surface area contributed by atoms with Crippen LogP contribution in [0.15, 0.2) is 29.7 Å². The zero-order valence-electron chi connectivity index (χ0n) is 6.73. The highest BCUT2D eigenvalue weighted by atomic mass is 16.4. The molecular weight excluding hydrogens is 140 g/mol. The van der Waals surface area contributed by atoms with E-state index in [4.69, 9.17) is 5.21 Å². The van der Waals surface area contributed by atoms with Crippen molar-refractivity contribution in [2.24, 2.45) is 5.16 Å². The number of nitrogens with zero attached hydrogens (tertiary/aromatic N) is 2. The normalized spacial score (nSPS) is 8.91. The first kappa shape index (κ1) is 9.62. The molecule has 1 rings (SSSR count). The average molecular weight is 152 g/mol. The van der Waals surface area contributed by atoms with Crippen LogP contribution < -0.4 is 0 Å². The summed E-state index contributed by atoms with van der Waals surface area (Å²) in [5.41, 5.74) is 0.792. The van der Waals surface area contributed by atoms with Gasteiger partial charge in [0.1, 0.15) is 0 Å². The minimum atomic E-state index is 0.792. The van der Waals surface area contributed by atoms with Crippen LogP contribution in [0.3, 0.4) is 0 Å². The molecule has 0 radical (unpaired) electrons. The first-order valence-electron chi connectivity index (χ1n) is 3.51. The van der Waals surface area contributed by atoms with Gasteiger partial charge in [-0.1, -0.05) is 25.1 Å². The number of aromatic nitrogens is 1. The average Bonchev–Trinajstić information content (AvgIpc) is 2.11. The Morgan fingerprint density at radius 3 is 2.73 bits per heavy atom. The van der Waals surface area contributed by atoms with Gasteiger partial charge in [0.15, 0.2) is 0 Å². The Morgan fingerprint density at radius 2 is 2.27 bits per heavy atom. The van der Waals surface area contributed by atoms with Crippen LogP contribution in [0, 0.1) is 0 Å². The maximum absolute atomic E-state index is 8.06. The van der Waals surface area contributed by atoms with E-state index in [1.54, 1.807) is 24.5 Å². The van der Waals surface area contributed by atoms with Crippen molar-refractivity contribution in [3.8, 4) is 0 Å². The maximum Gasteiger partial charge on any atom is 0.0749 e. The summed E-state index contributed by atoms with van der Waals surface area (Å²) in [6, 6.07) is 3.57. The molecule has 1 N–H and O–H groups in total. The lowest BCUT2D eigenvalue weighted by molar-refractivity contribution is 0.322. The lowest BCUT2D eigenvalue weighted by Crippen LogP contribution is -1.79. The molecule has 0 aromatic carbocycles.